The molecule has 28 heavy (non-hydrogen) atoms. The number of para-hydroxylation sites is 1. The van der Waals surface area contributed by atoms with Crippen molar-refractivity contribution >= 4 is 22.7 Å². The Bertz CT molecular complexity index is 1150. The number of nitrogens with zero attached hydrogens (tertiary/aromatic N) is 2. The number of carbonyl (C=O) groups is 2. The highest BCUT2D eigenvalue weighted by Gasteiger charge is 2.15. The summed E-state index contributed by atoms with van der Waals surface area (Å²) in [5, 5.41) is 0.696. The van der Waals surface area contributed by atoms with Gasteiger partial charge in [-0.1, -0.05) is 36.4 Å². The first-order valence-electron chi connectivity index (χ1n) is 8.68. The Kier molecular flexibility index (Phi) is 4.76. The Morgan fingerprint density at radius 2 is 1.54 bits per heavy atom. The van der Waals surface area contributed by atoms with Crippen molar-refractivity contribution in [3.8, 4) is 11.3 Å². The minimum absolute atomic E-state index is 0.389. The molecule has 2 aromatic heterocycles. The van der Waals surface area contributed by atoms with Crippen LogP contribution in [0.1, 0.15) is 20.7 Å². The molecule has 0 radical (unpaired) electrons. The maximum absolute atomic E-state index is 12.8. The number of fused-ring (bicyclic) bond motifs is 1. The lowest BCUT2D eigenvalue weighted by Gasteiger charge is -2.11. The summed E-state index contributed by atoms with van der Waals surface area (Å²) in [4.78, 5) is 33.7. The van der Waals surface area contributed by atoms with E-state index in [1.807, 2.05) is 42.5 Å². The number of pyridine rings is 2. The van der Waals surface area contributed by atoms with Crippen molar-refractivity contribution in [2.75, 3.05) is 0 Å². The first-order valence-corrected chi connectivity index (χ1v) is 8.68. The molecule has 0 aliphatic heterocycles. The number of carbonyl (C=O) groups excluding carboxylic acids is 2. The lowest BCUT2D eigenvalue weighted by molar-refractivity contribution is 0.0847. The Balaban J connectivity index is 1.65. The second kappa shape index (κ2) is 7.67. The molecule has 0 aliphatic rings. The van der Waals surface area contributed by atoms with E-state index < -0.39 is 5.91 Å². The summed E-state index contributed by atoms with van der Waals surface area (Å²) in [5.74, 6) is -0.812. The SMILES string of the molecule is O=C(NNC(=O)c1cc(-c2cccnc2)nc2ccccc12)c1ccccc1. The molecule has 2 amide bonds. The fourth-order valence-electron chi connectivity index (χ4n) is 2.87. The molecule has 2 aromatic carbocycles. The fourth-order valence-corrected chi connectivity index (χ4v) is 2.87. The molecule has 0 fully saturated rings. The van der Waals surface area contributed by atoms with Crippen LogP contribution in [0.15, 0.2) is 85.2 Å². The maximum atomic E-state index is 12.8. The number of benzene rings is 2. The van der Waals surface area contributed by atoms with Crippen molar-refractivity contribution in [2.24, 2.45) is 0 Å². The number of nitrogens with one attached hydrogen (secondary N) is 2. The number of hydrogen-bond acceptors (Lipinski definition) is 4. The van der Waals surface area contributed by atoms with E-state index in [9.17, 15) is 9.59 Å². The summed E-state index contributed by atoms with van der Waals surface area (Å²) in [6.07, 6.45) is 3.37. The Hall–Kier alpha value is -4.06. The minimum atomic E-state index is -0.423. The molecular formula is C22H16N4O2. The Labute approximate surface area is 161 Å². The average molecular weight is 368 g/mol. The van der Waals surface area contributed by atoms with E-state index in [1.54, 1.807) is 42.7 Å². The summed E-state index contributed by atoms with van der Waals surface area (Å²) >= 11 is 0. The van der Waals surface area contributed by atoms with Crippen molar-refractivity contribution in [2.45, 2.75) is 0 Å². The van der Waals surface area contributed by atoms with Gasteiger partial charge in [-0.3, -0.25) is 25.4 Å². The summed E-state index contributed by atoms with van der Waals surface area (Å²) < 4.78 is 0. The van der Waals surface area contributed by atoms with E-state index >= 15 is 0 Å². The van der Waals surface area contributed by atoms with Crippen LogP contribution in [0.2, 0.25) is 0 Å². The summed E-state index contributed by atoms with van der Waals surface area (Å²) in [5.41, 5.74) is 7.92. The minimum Gasteiger partial charge on any atom is -0.267 e. The molecule has 0 aliphatic carbocycles. The van der Waals surface area contributed by atoms with Gasteiger partial charge < -0.3 is 0 Å². The third-order valence-corrected chi connectivity index (χ3v) is 4.24. The summed E-state index contributed by atoms with van der Waals surface area (Å²) in [7, 11) is 0. The topological polar surface area (TPSA) is 84.0 Å². The van der Waals surface area contributed by atoms with Crippen molar-refractivity contribution in [3.05, 3.63) is 96.3 Å². The van der Waals surface area contributed by atoms with Crippen molar-refractivity contribution in [1.82, 2.24) is 20.8 Å². The van der Waals surface area contributed by atoms with Crippen LogP contribution in [0, 0.1) is 0 Å². The van der Waals surface area contributed by atoms with Gasteiger partial charge in [-0.15, -0.1) is 0 Å². The normalized spacial score (nSPS) is 10.4. The predicted octanol–water partition coefficient (Wildman–Crippen LogP) is 3.37. The standard InChI is InChI=1S/C22H16N4O2/c27-21(15-7-2-1-3-8-15)25-26-22(28)18-13-20(16-9-6-12-23-14-16)24-19-11-5-4-10-17(18)19/h1-14H,(H,25,27)(H,26,28). The quantitative estimate of drug-likeness (QED) is 0.543. The van der Waals surface area contributed by atoms with Crippen LogP contribution in [0.5, 0.6) is 0 Å². The van der Waals surface area contributed by atoms with Gasteiger partial charge in [-0.25, -0.2) is 4.98 Å². The zero-order valence-electron chi connectivity index (χ0n) is 14.8. The molecule has 0 saturated heterocycles. The van der Waals surface area contributed by atoms with E-state index in [4.69, 9.17) is 0 Å². The van der Waals surface area contributed by atoms with E-state index in [0.29, 0.717) is 27.7 Å². The van der Waals surface area contributed by atoms with Crippen LogP contribution in [0.25, 0.3) is 22.2 Å². The van der Waals surface area contributed by atoms with Crippen molar-refractivity contribution in [3.63, 3.8) is 0 Å². The molecule has 6 heteroatoms. The van der Waals surface area contributed by atoms with Gasteiger partial charge in [0.15, 0.2) is 0 Å². The zero-order valence-corrected chi connectivity index (χ0v) is 14.8. The smallest absolute Gasteiger partial charge is 0.267 e. The molecule has 6 nitrogen and oxygen atoms in total. The predicted molar refractivity (Wildman–Crippen MR) is 106 cm³/mol. The van der Waals surface area contributed by atoms with E-state index in [-0.39, 0.29) is 5.91 Å². The fraction of sp³-hybridized carbons (Fsp3) is 0. The van der Waals surface area contributed by atoms with Gasteiger partial charge in [-0.05, 0) is 36.4 Å². The first kappa shape index (κ1) is 17.4. The lowest BCUT2D eigenvalue weighted by atomic mass is 10.0. The van der Waals surface area contributed by atoms with E-state index in [0.717, 1.165) is 5.56 Å². The molecule has 4 rings (SSSR count). The van der Waals surface area contributed by atoms with E-state index in [1.165, 1.54) is 0 Å². The molecule has 0 bridgehead atoms. The summed E-state index contributed by atoms with van der Waals surface area (Å²) in [6.45, 7) is 0. The van der Waals surface area contributed by atoms with E-state index in [2.05, 4.69) is 20.8 Å². The molecular weight excluding hydrogens is 352 g/mol. The molecule has 0 saturated carbocycles. The molecule has 0 atom stereocenters. The number of hydrogen-bond donors (Lipinski definition) is 2. The zero-order chi connectivity index (χ0) is 19.3. The third kappa shape index (κ3) is 3.57. The van der Waals surface area contributed by atoms with Crippen molar-refractivity contribution in [1.29, 1.82) is 0 Å². The van der Waals surface area contributed by atoms with Gasteiger partial charge in [-0.2, -0.15) is 0 Å². The number of hydrazine groups is 1. The Morgan fingerprint density at radius 3 is 2.32 bits per heavy atom. The van der Waals surface area contributed by atoms with Gasteiger partial charge >= 0.3 is 0 Å². The molecule has 0 unspecified atom stereocenters. The lowest BCUT2D eigenvalue weighted by Crippen LogP contribution is -2.41. The molecule has 2 heterocycles. The third-order valence-electron chi connectivity index (χ3n) is 4.24. The van der Waals surface area contributed by atoms with Gasteiger partial charge in [0.2, 0.25) is 0 Å². The van der Waals surface area contributed by atoms with Crippen molar-refractivity contribution < 1.29 is 9.59 Å². The van der Waals surface area contributed by atoms with Gasteiger partial charge in [0.05, 0.1) is 16.8 Å². The van der Waals surface area contributed by atoms with Crippen LogP contribution in [0.4, 0.5) is 0 Å². The highest BCUT2D eigenvalue weighted by molar-refractivity contribution is 6.08. The van der Waals surface area contributed by atoms with Crippen LogP contribution < -0.4 is 10.9 Å². The molecule has 2 N–H and O–H groups in total. The molecule has 4 aromatic rings. The van der Waals surface area contributed by atoms with Crippen LogP contribution in [-0.4, -0.2) is 21.8 Å². The maximum Gasteiger partial charge on any atom is 0.270 e. The van der Waals surface area contributed by atoms with Gasteiger partial charge in [0, 0.05) is 28.9 Å². The second-order valence-electron chi connectivity index (χ2n) is 6.09. The van der Waals surface area contributed by atoms with Gasteiger partial charge in [0.1, 0.15) is 0 Å². The molecule has 136 valence electrons. The van der Waals surface area contributed by atoms with Crippen LogP contribution in [-0.2, 0) is 0 Å². The largest absolute Gasteiger partial charge is 0.270 e. The highest BCUT2D eigenvalue weighted by atomic mass is 16.2. The monoisotopic (exact) mass is 368 g/mol. The highest BCUT2D eigenvalue weighted by Crippen LogP contribution is 2.24. The first-order chi connectivity index (χ1) is 13.7. The number of aromatic nitrogens is 2. The molecule has 0 spiro atoms. The second-order valence-corrected chi connectivity index (χ2v) is 6.09. The average Bonchev–Trinajstić information content (AvgIpc) is 2.77. The number of rotatable bonds is 3. The Morgan fingerprint density at radius 1 is 0.786 bits per heavy atom. The summed E-state index contributed by atoms with van der Waals surface area (Å²) in [6, 6.07) is 21.4. The number of amides is 2. The van der Waals surface area contributed by atoms with Gasteiger partial charge in [0.25, 0.3) is 11.8 Å². The van der Waals surface area contributed by atoms with Crippen LogP contribution in [0.3, 0.4) is 0 Å². The van der Waals surface area contributed by atoms with Crippen LogP contribution >= 0.6 is 0 Å².